The Labute approximate surface area is 193 Å². The third-order valence-electron chi connectivity index (χ3n) is 11.9. The highest BCUT2D eigenvalue weighted by atomic mass is 16.3. The molecule has 2 heteroatoms. The van der Waals surface area contributed by atoms with Gasteiger partial charge in [0.25, 0.3) is 0 Å². The van der Waals surface area contributed by atoms with E-state index in [1.165, 1.54) is 51.4 Å². The van der Waals surface area contributed by atoms with Gasteiger partial charge in [-0.1, -0.05) is 54.4 Å². The van der Waals surface area contributed by atoms with E-state index < -0.39 is 0 Å². The Morgan fingerprint density at radius 1 is 0.839 bits per heavy atom. The molecule has 0 bridgehead atoms. The van der Waals surface area contributed by atoms with Gasteiger partial charge in [-0.05, 0) is 116 Å². The fourth-order valence-electron chi connectivity index (χ4n) is 9.86. The van der Waals surface area contributed by atoms with Crippen molar-refractivity contribution in [1.82, 2.24) is 0 Å². The maximum absolute atomic E-state index is 11.4. The monoisotopic (exact) mass is 432 g/mol. The quantitative estimate of drug-likeness (QED) is 0.471. The number of hydrogen-bond donors (Lipinski definition) is 2. The summed E-state index contributed by atoms with van der Waals surface area (Å²) in [5, 5.41) is 21.7. The van der Waals surface area contributed by atoms with Crippen LogP contribution in [0.1, 0.15) is 112 Å². The van der Waals surface area contributed by atoms with Gasteiger partial charge in [-0.3, -0.25) is 0 Å². The SMILES string of the molecule is CC[C@H](CC[C@@H](C)C1CCC2C3C(O)CC4CC(O)CCC4(C)C3CCC21C)C(C)C. The number of rotatable bonds is 6. The van der Waals surface area contributed by atoms with Gasteiger partial charge in [0.05, 0.1) is 12.2 Å². The van der Waals surface area contributed by atoms with Gasteiger partial charge in [-0.25, -0.2) is 0 Å². The number of hydrogen-bond acceptors (Lipinski definition) is 2. The van der Waals surface area contributed by atoms with E-state index in [9.17, 15) is 10.2 Å². The van der Waals surface area contributed by atoms with Crippen molar-refractivity contribution in [3.8, 4) is 0 Å². The lowest BCUT2D eigenvalue weighted by Crippen LogP contribution is -2.58. The van der Waals surface area contributed by atoms with Crippen molar-refractivity contribution in [2.75, 3.05) is 0 Å². The molecule has 2 N–H and O–H groups in total. The van der Waals surface area contributed by atoms with E-state index in [1.807, 2.05) is 0 Å². The van der Waals surface area contributed by atoms with Gasteiger partial charge in [-0.2, -0.15) is 0 Å². The second-order valence-electron chi connectivity index (χ2n) is 13.4. The Morgan fingerprint density at radius 3 is 2.19 bits per heavy atom. The molecule has 0 aromatic rings. The highest BCUT2D eigenvalue weighted by Gasteiger charge is 2.62. The molecule has 0 amide bonds. The number of aliphatic hydroxyl groups excluding tert-OH is 2. The highest BCUT2D eigenvalue weighted by molar-refractivity contribution is 5.11. The van der Waals surface area contributed by atoms with Crippen LogP contribution in [-0.2, 0) is 0 Å². The molecule has 4 fully saturated rings. The Bertz CT molecular complexity index is 616. The Hall–Kier alpha value is -0.0800. The van der Waals surface area contributed by atoms with Crippen LogP contribution in [0.3, 0.4) is 0 Å². The zero-order valence-corrected chi connectivity index (χ0v) is 21.4. The van der Waals surface area contributed by atoms with Gasteiger partial charge in [0.2, 0.25) is 0 Å². The van der Waals surface area contributed by atoms with Gasteiger partial charge in [0.1, 0.15) is 0 Å². The molecule has 0 spiro atoms. The smallest absolute Gasteiger partial charge is 0.0577 e. The van der Waals surface area contributed by atoms with Gasteiger partial charge in [0.15, 0.2) is 0 Å². The average molecular weight is 433 g/mol. The molecule has 4 rings (SSSR count). The summed E-state index contributed by atoms with van der Waals surface area (Å²) in [5.74, 6) is 5.75. The van der Waals surface area contributed by atoms with Crippen LogP contribution in [0.25, 0.3) is 0 Å². The summed E-state index contributed by atoms with van der Waals surface area (Å²) in [6.45, 7) is 14.9. The van der Waals surface area contributed by atoms with Crippen LogP contribution in [0, 0.1) is 58.2 Å². The lowest BCUT2D eigenvalue weighted by molar-refractivity contribution is -0.174. The lowest BCUT2D eigenvalue weighted by Gasteiger charge is -2.62. The van der Waals surface area contributed by atoms with Crippen molar-refractivity contribution in [2.45, 2.75) is 124 Å². The summed E-state index contributed by atoms with van der Waals surface area (Å²) in [4.78, 5) is 0. The molecule has 0 aromatic carbocycles. The van der Waals surface area contributed by atoms with Crippen molar-refractivity contribution in [3.05, 3.63) is 0 Å². The average Bonchev–Trinajstić information content (AvgIpc) is 3.06. The van der Waals surface area contributed by atoms with E-state index in [0.717, 1.165) is 42.9 Å². The van der Waals surface area contributed by atoms with Crippen molar-refractivity contribution < 1.29 is 10.2 Å². The standard InChI is InChI=1S/C29H52O2/c1-7-20(18(2)3)9-8-19(4)23-10-11-24-27-25(13-15-29(23,24)6)28(5)14-12-22(30)16-21(28)17-26(27)31/h18-27,30-31H,7-17H2,1-6H3/t19-,20-,21?,22?,23?,24?,25?,26?,27?,28?,29?/m1/s1. The second kappa shape index (κ2) is 8.94. The van der Waals surface area contributed by atoms with E-state index in [-0.39, 0.29) is 12.2 Å². The van der Waals surface area contributed by atoms with Crippen LogP contribution in [0.5, 0.6) is 0 Å². The number of aliphatic hydroxyl groups is 2. The molecule has 0 heterocycles. The van der Waals surface area contributed by atoms with Gasteiger partial charge in [-0.15, -0.1) is 0 Å². The Balaban J connectivity index is 1.49. The molecule has 31 heavy (non-hydrogen) atoms. The maximum Gasteiger partial charge on any atom is 0.0577 e. The molecule has 9 unspecified atom stereocenters. The Morgan fingerprint density at radius 2 is 1.52 bits per heavy atom. The molecule has 11 atom stereocenters. The summed E-state index contributed by atoms with van der Waals surface area (Å²) in [6, 6.07) is 0. The van der Waals surface area contributed by atoms with Crippen molar-refractivity contribution >= 4 is 0 Å². The predicted octanol–water partition coefficient (Wildman–Crippen LogP) is 7.08. The van der Waals surface area contributed by atoms with Crippen molar-refractivity contribution in [1.29, 1.82) is 0 Å². The molecule has 4 saturated carbocycles. The van der Waals surface area contributed by atoms with Crippen LogP contribution in [0.2, 0.25) is 0 Å². The third-order valence-corrected chi connectivity index (χ3v) is 11.9. The maximum atomic E-state index is 11.4. The molecule has 0 aromatic heterocycles. The van der Waals surface area contributed by atoms with E-state index in [4.69, 9.17) is 0 Å². The first-order chi connectivity index (χ1) is 14.6. The molecular weight excluding hydrogens is 380 g/mol. The Kier molecular flexibility index (Phi) is 6.93. The number of fused-ring (bicyclic) bond motifs is 5. The molecule has 4 aliphatic carbocycles. The van der Waals surface area contributed by atoms with Gasteiger partial charge >= 0.3 is 0 Å². The summed E-state index contributed by atoms with van der Waals surface area (Å²) in [5.41, 5.74) is 0.776. The van der Waals surface area contributed by atoms with E-state index in [2.05, 4.69) is 41.5 Å². The minimum Gasteiger partial charge on any atom is -0.393 e. The summed E-state index contributed by atoms with van der Waals surface area (Å²) >= 11 is 0. The summed E-state index contributed by atoms with van der Waals surface area (Å²) < 4.78 is 0. The minimum absolute atomic E-state index is 0.134. The first kappa shape index (κ1) is 24.1. The van der Waals surface area contributed by atoms with Gasteiger partial charge in [0, 0.05) is 0 Å². The third kappa shape index (κ3) is 4.05. The second-order valence-corrected chi connectivity index (χ2v) is 13.4. The van der Waals surface area contributed by atoms with Gasteiger partial charge < -0.3 is 10.2 Å². The van der Waals surface area contributed by atoms with Crippen LogP contribution in [0.15, 0.2) is 0 Å². The van der Waals surface area contributed by atoms with Crippen LogP contribution < -0.4 is 0 Å². The molecule has 0 aliphatic heterocycles. The summed E-state index contributed by atoms with van der Waals surface area (Å²) in [7, 11) is 0. The minimum atomic E-state index is -0.141. The molecule has 180 valence electrons. The first-order valence-corrected chi connectivity index (χ1v) is 14.0. The van der Waals surface area contributed by atoms with Crippen molar-refractivity contribution in [2.24, 2.45) is 58.2 Å². The van der Waals surface area contributed by atoms with Crippen LogP contribution in [0.4, 0.5) is 0 Å². The van der Waals surface area contributed by atoms with Crippen LogP contribution in [-0.4, -0.2) is 22.4 Å². The molecule has 0 saturated heterocycles. The molecule has 2 nitrogen and oxygen atoms in total. The molecule has 0 radical (unpaired) electrons. The normalized spacial score (nSPS) is 49.3. The fourth-order valence-corrected chi connectivity index (χ4v) is 9.86. The molecular formula is C29H52O2. The van der Waals surface area contributed by atoms with E-state index in [0.29, 0.717) is 34.5 Å². The molecule has 4 aliphatic rings. The van der Waals surface area contributed by atoms with E-state index >= 15 is 0 Å². The fraction of sp³-hybridized carbons (Fsp3) is 1.00. The van der Waals surface area contributed by atoms with E-state index in [1.54, 1.807) is 0 Å². The zero-order chi connectivity index (χ0) is 22.6. The van der Waals surface area contributed by atoms with Crippen LogP contribution >= 0.6 is 0 Å². The highest BCUT2D eigenvalue weighted by Crippen LogP contribution is 2.68. The zero-order valence-electron chi connectivity index (χ0n) is 21.4. The first-order valence-electron chi connectivity index (χ1n) is 14.0. The topological polar surface area (TPSA) is 40.5 Å². The van der Waals surface area contributed by atoms with Crippen molar-refractivity contribution in [3.63, 3.8) is 0 Å². The predicted molar refractivity (Wildman–Crippen MR) is 130 cm³/mol. The summed E-state index contributed by atoms with van der Waals surface area (Å²) in [6.07, 6.45) is 13.2. The lowest BCUT2D eigenvalue weighted by atomic mass is 9.43. The largest absolute Gasteiger partial charge is 0.393 e.